The summed E-state index contributed by atoms with van der Waals surface area (Å²) in [6, 6.07) is 12.7. The SMILES string of the molecule is CCC(C(O)Oc1ccc(-c2ccc3c(c2COc2cc(F)ccc2C)N(C)C(=O)C(C)(C)N3)c(OC)c1)P(=O)(O)O. The Morgan fingerprint density at radius 2 is 1.76 bits per heavy atom. The van der Waals surface area contributed by atoms with Crippen molar-refractivity contribution in [3.05, 3.63) is 65.5 Å². The predicted molar refractivity (Wildman–Crippen MR) is 158 cm³/mol. The number of ether oxygens (including phenoxy) is 3. The Morgan fingerprint density at radius 1 is 1.07 bits per heavy atom. The standard InChI is InChI=1S/C30H36FN2O8P/c1-7-26(42(36,37)38)28(34)41-19-10-11-21(25(15-19)39-6)20-12-13-23-27(33(5)29(35)30(3,4)32-23)22(20)16-40-24-14-18(31)9-8-17(24)2/h8-15,26,28,32,34H,7,16H2,1-6H3,(H2,36,37,38). The summed E-state index contributed by atoms with van der Waals surface area (Å²) in [7, 11) is -1.47. The van der Waals surface area contributed by atoms with E-state index in [1.54, 1.807) is 50.9 Å². The molecule has 1 aliphatic heterocycles. The zero-order valence-electron chi connectivity index (χ0n) is 24.3. The Bertz CT molecular complexity index is 1540. The number of rotatable bonds is 10. The van der Waals surface area contributed by atoms with Crippen molar-refractivity contribution in [3.63, 3.8) is 0 Å². The molecule has 0 saturated heterocycles. The van der Waals surface area contributed by atoms with Crippen LogP contribution in [0.3, 0.4) is 0 Å². The monoisotopic (exact) mass is 602 g/mol. The molecule has 42 heavy (non-hydrogen) atoms. The molecule has 0 aromatic heterocycles. The third-order valence-electron chi connectivity index (χ3n) is 7.33. The van der Waals surface area contributed by atoms with E-state index in [0.717, 1.165) is 5.56 Å². The summed E-state index contributed by atoms with van der Waals surface area (Å²) >= 11 is 0. The fourth-order valence-corrected chi connectivity index (χ4v) is 5.97. The van der Waals surface area contributed by atoms with Crippen LogP contribution in [-0.4, -0.2) is 52.4 Å². The van der Waals surface area contributed by atoms with Gasteiger partial charge in [-0.2, -0.15) is 0 Å². The maximum absolute atomic E-state index is 14.0. The van der Waals surface area contributed by atoms with Gasteiger partial charge >= 0.3 is 7.60 Å². The van der Waals surface area contributed by atoms with E-state index in [0.29, 0.717) is 39.6 Å². The quantitative estimate of drug-likeness (QED) is 0.182. The number of fused-ring (bicyclic) bond motifs is 1. The molecule has 0 aliphatic carbocycles. The van der Waals surface area contributed by atoms with E-state index in [9.17, 15) is 28.6 Å². The molecule has 226 valence electrons. The molecule has 4 rings (SSSR count). The van der Waals surface area contributed by atoms with Gasteiger partial charge in [-0.3, -0.25) is 9.36 Å². The number of hydrogen-bond donors (Lipinski definition) is 4. The largest absolute Gasteiger partial charge is 0.496 e. The summed E-state index contributed by atoms with van der Waals surface area (Å²) in [5, 5.41) is 13.7. The minimum Gasteiger partial charge on any atom is -0.496 e. The summed E-state index contributed by atoms with van der Waals surface area (Å²) in [5.74, 6) is 0.236. The molecule has 2 unspecified atom stereocenters. The molecule has 1 heterocycles. The first-order valence-electron chi connectivity index (χ1n) is 13.4. The number of aliphatic hydroxyl groups excluding tert-OH is 1. The van der Waals surface area contributed by atoms with Crippen molar-refractivity contribution in [1.82, 2.24) is 0 Å². The molecule has 3 aromatic carbocycles. The summed E-state index contributed by atoms with van der Waals surface area (Å²) in [6.07, 6.45) is -1.75. The average Bonchev–Trinajstić information content (AvgIpc) is 2.91. The molecule has 10 nitrogen and oxygen atoms in total. The van der Waals surface area contributed by atoms with Crippen molar-refractivity contribution in [2.24, 2.45) is 0 Å². The molecular weight excluding hydrogens is 566 g/mol. The molecule has 0 radical (unpaired) electrons. The van der Waals surface area contributed by atoms with Crippen LogP contribution in [0.2, 0.25) is 0 Å². The lowest BCUT2D eigenvalue weighted by Gasteiger charge is -2.39. The highest BCUT2D eigenvalue weighted by Crippen LogP contribution is 2.47. The first-order valence-corrected chi connectivity index (χ1v) is 15.1. The van der Waals surface area contributed by atoms with Crippen LogP contribution in [0.25, 0.3) is 11.1 Å². The fraction of sp³-hybridized carbons (Fsp3) is 0.367. The van der Waals surface area contributed by atoms with Crippen molar-refractivity contribution < 1.29 is 42.9 Å². The van der Waals surface area contributed by atoms with E-state index in [2.05, 4.69) is 5.32 Å². The van der Waals surface area contributed by atoms with E-state index in [4.69, 9.17) is 14.2 Å². The number of hydrogen-bond acceptors (Lipinski definition) is 7. The fourth-order valence-electron chi connectivity index (χ4n) is 5.10. The highest BCUT2D eigenvalue weighted by atomic mass is 31.2. The van der Waals surface area contributed by atoms with Crippen LogP contribution in [0.5, 0.6) is 17.2 Å². The number of amides is 1. The average molecular weight is 603 g/mol. The van der Waals surface area contributed by atoms with Crippen molar-refractivity contribution >= 4 is 24.9 Å². The molecule has 0 bridgehead atoms. The number of carbonyl (C=O) groups excluding carboxylic acids is 1. The van der Waals surface area contributed by atoms with Gasteiger partial charge in [0.2, 0.25) is 6.29 Å². The molecule has 0 fully saturated rings. The van der Waals surface area contributed by atoms with Gasteiger partial charge in [0.25, 0.3) is 5.91 Å². The van der Waals surface area contributed by atoms with Crippen molar-refractivity contribution in [1.29, 1.82) is 0 Å². The number of aliphatic hydroxyl groups is 1. The number of nitrogens with zero attached hydrogens (tertiary/aromatic N) is 1. The lowest BCUT2D eigenvalue weighted by molar-refractivity contribution is -0.121. The third-order valence-corrected chi connectivity index (χ3v) is 8.81. The predicted octanol–water partition coefficient (Wildman–Crippen LogP) is 5.21. The number of carbonyl (C=O) groups is 1. The van der Waals surface area contributed by atoms with Gasteiger partial charge in [-0.1, -0.05) is 19.1 Å². The number of anilines is 2. The summed E-state index contributed by atoms with van der Waals surface area (Å²) < 4.78 is 43.0. The first-order chi connectivity index (χ1) is 19.7. The van der Waals surface area contributed by atoms with Crippen molar-refractivity contribution in [2.45, 2.75) is 58.2 Å². The minimum absolute atomic E-state index is 0.00101. The smallest absolute Gasteiger partial charge is 0.334 e. The number of benzene rings is 3. The number of halogens is 1. The molecule has 0 saturated carbocycles. The molecule has 1 aliphatic rings. The normalized spacial score (nSPS) is 15.9. The van der Waals surface area contributed by atoms with Crippen LogP contribution < -0.4 is 24.4 Å². The maximum Gasteiger partial charge on any atom is 0.334 e. The van der Waals surface area contributed by atoms with Gasteiger partial charge in [0, 0.05) is 30.3 Å². The second-order valence-electron chi connectivity index (χ2n) is 10.7. The van der Waals surface area contributed by atoms with Gasteiger partial charge in [0.1, 0.15) is 40.9 Å². The Balaban J connectivity index is 1.80. The Hall–Kier alpha value is -3.63. The van der Waals surface area contributed by atoms with E-state index in [-0.39, 0.29) is 24.7 Å². The van der Waals surface area contributed by atoms with Crippen molar-refractivity contribution in [3.8, 4) is 28.4 Å². The lowest BCUT2D eigenvalue weighted by atomic mass is 9.91. The van der Waals surface area contributed by atoms with Crippen molar-refractivity contribution in [2.75, 3.05) is 24.4 Å². The highest BCUT2D eigenvalue weighted by molar-refractivity contribution is 7.52. The van der Waals surface area contributed by atoms with Gasteiger partial charge < -0.3 is 39.3 Å². The third kappa shape index (κ3) is 6.24. The number of likely N-dealkylation sites (N-methyl/N-ethyl adjacent to an activating group) is 1. The summed E-state index contributed by atoms with van der Waals surface area (Å²) in [4.78, 5) is 34.0. The molecule has 3 aromatic rings. The second-order valence-corrected chi connectivity index (χ2v) is 12.6. The Kier molecular flexibility index (Phi) is 8.89. The van der Waals surface area contributed by atoms with Crippen LogP contribution in [-0.2, 0) is 16.0 Å². The second kappa shape index (κ2) is 11.9. The van der Waals surface area contributed by atoms with E-state index in [1.165, 1.54) is 25.3 Å². The zero-order valence-corrected chi connectivity index (χ0v) is 25.2. The lowest BCUT2D eigenvalue weighted by Crippen LogP contribution is -2.52. The van der Waals surface area contributed by atoms with Crippen LogP contribution in [0.1, 0.15) is 38.3 Å². The molecule has 4 N–H and O–H groups in total. The van der Waals surface area contributed by atoms with Crippen LogP contribution in [0.15, 0.2) is 48.5 Å². The number of methoxy groups -OCH3 is 1. The zero-order chi connectivity index (χ0) is 31.0. The van der Waals surface area contributed by atoms with Gasteiger partial charge in [-0.25, -0.2) is 4.39 Å². The van der Waals surface area contributed by atoms with Gasteiger partial charge in [-0.15, -0.1) is 0 Å². The Labute approximate surface area is 244 Å². The van der Waals surface area contributed by atoms with Gasteiger partial charge in [0.15, 0.2) is 0 Å². The van der Waals surface area contributed by atoms with Crippen LogP contribution in [0, 0.1) is 12.7 Å². The maximum atomic E-state index is 14.0. The van der Waals surface area contributed by atoms with E-state index in [1.807, 2.05) is 19.1 Å². The highest BCUT2D eigenvalue weighted by Gasteiger charge is 2.39. The molecular formula is C30H36FN2O8P. The molecule has 0 spiro atoms. The summed E-state index contributed by atoms with van der Waals surface area (Å²) in [5.41, 5.74) is 1.70. The van der Waals surface area contributed by atoms with Crippen LogP contribution in [0.4, 0.5) is 15.8 Å². The van der Waals surface area contributed by atoms with E-state index < -0.39 is 30.9 Å². The first kappa shape index (κ1) is 31.3. The van der Waals surface area contributed by atoms with E-state index >= 15 is 0 Å². The number of nitrogens with one attached hydrogen (secondary N) is 1. The molecule has 1 amide bonds. The topological polar surface area (TPSA) is 138 Å². The van der Waals surface area contributed by atoms with Gasteiger partial charge in [0.05, 0.1) is 18.5 Å². The van der Waals surface area contributed by atoms with Gasteiger partial charge in [-0.05, 0) is 62.6 Å². The summed E-state index contributed by atoms with van der Waals surface area (Å²) in [6.45, 7) is 6.93. The van der Waals surface area contributed by atoms with Crippen LogP contribution >= 0.6 is 7.60 Å². The molecule has 12 heteroatoms. The Morgan fingerprint density at radius 3 is 2.40 bits per heavy atom. The molecule has 2 atom stereocenters. The number of aryl methyl sites for hydroxylation is 1. The minimum atomic E-state index is -4.61.